The van der Waals surface area contributed by atoms with Gasteiger partial charge < -0.3 is 14.2 Å². The molecule has 127 valence electrons. The maximum Gasteiger partial charge on any atom is 0.315 e. The Labute approximate surface area is 155 Å². The van der Waals surface area contributed by atoms with Crippen molar-refractivity contribution < 1.29 is 19.0 Å². The zero-order valence-corrected chi connectivity index (χ0v) is 14.5. The summed E-state index contributed by atoms with van der Waals surface area (Å²) in [5.74, 6) is 1.38. The Hall–Kier alpha value is -1.02. The van der Waals surface area contributed by atoms with Crippen molar-refractivity contribution in [2.75, 3.05) is 19.8 Å². The van der Waals surface area contributed by atoms with Crippen LogP contribution in [0, 0.1) is 11.8 Å². The first-order valence-corrected chi connectivity index (χ1v) is 8.69. The molecule has 0 N–H and O–H groups in total. The minimum atomic E-state index is -0.217. The van der Waals surface area contributed by atoms with E-state index in [1.54, 1.807) is 12.3 Å². The monoisotopic (exact) mass is 326 g/mol. The van der Waals surface area contributed by atoms with Crippen LogP contribution in [0.2, 0.25) is 0 Å². The van der Waals surface area contributed by atoms with Gasteiger partial charge in [0.1, 0.15) is 5.75 Å². The van der Waals surface area contributed by atoms with Crippen LogP contribution in [0.5, 0.6) is 11.6 Å². The van der Waals surface area contributed by atoms with E-state index < -0.39 is 0 Å². The second-order valence-electron chi connectivity index (χ2n) is 6.45. The average molecular weight is 326 g/mol. The van der Waals surface area contributed by atoms with Crippen molar-refractivity contribution in [2.24, 2.45) is 11.8 Å². The molecule has 0 amide bonds. The van der Waals surface area contributed by atoms with Crippen LogP contribution in [0.3, 0.4) is 0 Å². The van der Waals surface area contributed by atoms with E-state index in [4.69, 9.17) is 14.2 Å². The molecule has 0 spiro atoms. The minimum absolute atomic E-state index is 0. The molecule has 1 aromatic rings. The number of nitrogens with zero attached hydrogens (tertiary/aromatic N) is 1. The molecule has 0 bridgehead atoms. The molecule has 1 aliphatic heterocycles. The summed E-state index contributed by atoms with van der Waals surface area (Å²) >= 11 is 0. The number of carbonyl (C=O) groups excluding carboxylic acids is 1. The third kappa shape index (κ3) is 5.80. The number of aromatic nitrogens is 1. The molecule has 1 aliphatic carbocycles. The summed E-state index contributed by atoms with van der Waals surface area (Å²) in [5, 5.41) is 0. The van der Waals surface area contributed by atoms with Gasteiger partial charge in [-0.2, -0.15) is 0 Å². The molecule has 1 saturated heterocycles. The standard InChI is InChI=1S/C18H25NO4.Li/c20-18(15-7-10-21-11-8-15)23-17-12-16(6-9-19-17)22-13-14-4-2-1-3-5-14;/h6,9,12,14-15H,1-5,7-8,10-11,13H2;. The molecule has 2 heterocycles. The maximum absolute atomic E-state index is 12.1. The average Bonchev–Trinajstić information content (AvgIpc) is 2.62. The van der Waals surface area contributed by atoms with Gasteiger partial charge in [-0.3, -0.25) is 4.79 Å². The molecule has 24 heavy (non-hydrogen) atoms. The van der Waals surface area contributed by atoms with E-state index in [1.807, 2.05) is 6.07 Å². The van der Waals surface area contributed by atoms with Crippen LogP contribution in [0.4, 0.5) is 0 Å². The summed E-state index contributed by atoms with van der Waals surface area (Å²) < 4.78 is 16.5. The topological polar surface area (TPSA) is 57.7 Å². The normalized spacial score (nSPS) is 19.3. The summed E-state index contributed by atoms with van der Waals surface area (Å²) in [7, 11) is 0. The van der Waals surface area contributed by atoms with Crippen molar-refractivity contribution in [1.29, 1.82) is 0 Å². The largest absolute Gasteiger partial charge is 0.493 e. The van der Waals surface area contributed by atoms with Gasteiger partial charge in [0, 0.05) is 44.3 Å². The Morgan fingerprint density at radius 1 is 1.17 bits per heavy atom. The van der Waals surface area contributed by atoms with Crippen LogP contribution in [0.1, 0.15) is 44.9 Å². The predicted molar refractivity (Wildman–Crippen MR) is 91.2 cm³/mol. The van der Waals surface area contributed by atoms with Gasteiger partial charge in [0.15, 0.2) is 0 Å². The summed E-state index contributed by atoms with van der Waals surface area (Å²) in [4.78, 5) is 16.2. The quantitative estimate of drug-likeness (QED) is 0.615. The van der Waals surface area contributed by atoms with Crippen LogP contribution in [0.15, 0.2) is 18.3 Å². The Morgan fingerprint density at radius 2 is 1.92 bits per heavy atom. The first-order valence-electron chi connectivity index (χ1n) is 8.69. The first kappa shape index (κ1) is 19.3. The molecule has 0 aromatic carbocycles. The smallest absolute Gasteiger partial charge is 0.315 e. The van der Waals surface area contributed by atoms with Gasteiger partial charge in [0.2, 0.25) is 5.88 Å². The van der Waals surface area contributed by atoms with Crippen LogP contribution in [-0.2, 0) is 9.53 Å². The molecule has 2 fully saturated rings. The van der Waals surface area contributed by atoms with Gasteiger partial charge in [0.05, 0.1) is 12.5 Å². The van der Waals surface area contributed by atoms with Crippen molar-refractivity contribution in [3.05, 3.63) is 18.3 Å². The molecule has 2 aliphatic rings. The van der Waals surface area contributed by atoms with Crippen LogP contribution < -0.4 is 9.47 Å². The van der Waals surface area contributed by atoms with Crippen molar-refractivity contribution in [3.8, 4) is 11.6 Å². The Kier molecular flexibility index (Phi) is 8.11. The maximum atomic E-state index is 12.1. The van der Waals surface area contributed by atoms with Gasteiger partial charge in [-0.25, -0.2) is 4.98 Å². The fourth-order valence-corrected chi connectivity index (χ4v) is 3.22. The summed E-state index contributed by atoms with van der Waals surface area (Å²) in [6.07, 6.45) is 9.51. The Morgan fingerprint density at radius 3 is 2.67 bits per heavy atom. The van der Waals surface area contributed by atoms with Crippen LogP contribution in [0.25, 0.3) is 0 Å². The van der Waals surface area contributed by atoms with E-state index in [9.17, 15) is 4.79 Å². The zero-order valence-electron chi connectivity index (χ0n) is 14.5. The number of ether oxygens (including phenoxy) is 3. The molecule has 0 atom stereocenters. The Balaban J connectivity index is 0.00000208. The molecule has 1 saturated carbocycles. The second-order valence-corrected chi connectivity index (χ2v) is 6.45. The van der Waals surface area contributed by atoms with Gasteiger partial charge in [0.25, 0.3) is 0 Å². The molecule has 1 aromatic heterocycles. The SMILES string of the molecule is O=C(Oc1cc(OCC2CCCCC2)ccn1)C1CCOCC1.[Li]. The van der Waals surface area contributed by atoms with Gasteiger partial charge in [-0.05, 0) is 37.7 Å². The van der Waals surface area contributed by atoms with E-state index in [0.717, 1.165) is 25.2 Å². The van der Waals surface area contributed by atoms with E-state index in [1.165, 1.54) is 32.1 Å². The number of esters is 1. The van der Waals surface area contributed by atoms with Crippen LogP contribution in [-0.4, -0.2) is 49.6 Å². The van der Waals surface area contributed by atoms with Crippen molar-refractivity contribution in [3.63, 3.8) is 0 Å². The fraction of sp³-hybridized carbons (Fsp3) is 0.667. The van der Waals surface area contributed by atoms with E-state index in [-0.39, 0.29) is 30.7 Å². The van der Waals surface area contributed by atoms with E-state index in [0.29, 0.717) is 25.0 Å². The molecule has 0 unspecified atom stereocenters. The third-order valence-electron chi connectivity index (χ3n) is 4.68. The molecule has 5 nitrogen and oxygen atoms in total. The number of hydrogen-bond acceptors (Lipinski definition) is 5. The first-order chi connectivity index (χ1) is 11.3. The number of carbonyl (C=O) groups is 1. The van der Waals surface area contributed by atoms with Gasteiger partial charge in [-0.1, -0.05) is 19.3 Å². The molecular weight excluding hydrogens is 301 g/mol. The second kappa shape index (κ2) is 10.1. The molecule has 1 radical (unpaired) electrons. The van der Waals surface area contributed by atoms with Crippen LogP contribution >= 0.6 is 0 Å². The summed E-state index contributed by atoms with van der Waals surface area (Å²) in [6, 6.07) is 3.52. The summed E-state index contributed by atoms with van der Waals surface area (Å²) in [5.41, 5.74) is 0. The number of hydrogen-bond donors (Lipinski definition) is 0. The minimum Gasteiger partial charge on any atom is -0.493 e. The van der Waals surface area contributed by atoms with Crippen molar-refractivity contribution in [1.82, 2.24) is 4.98 Å². The Bertz CT molecular complexity index is 513. The third-order valence-corrected chi connectivity index (χ3v) is 4.68. The summed E-state index contributed by atoms with van der Waals surface area (Å²) in [6.45, 7) is 1.98. The molecule has 3 rings (SSSR count). The van der Waals surface area contributed by atoms with Crippen molar-refractivity contribution in [2.45, 2.75) is 44.9 Å². The number of pyridine rings is 1. The molecule has 6 heteroatoms. The van der Waals surface area contributed by atoms with Gasteiger partial charge >= 0.3 is 5.97 Å². The molecular formula is C18H25LiNO4. The number of rotatable bonds is 5. The predicted octanol–water partition coefficient (Wildman–Crippen LogP) is 2.99. The fourth-order valence-electron chi connectivity index (χ4n) is 3.22. The van der Waals surface area contributed by atoms with E-state index >= 15 is 0 Å². The van der Waals surface area contributed by atoms with E-state index in [2.05, 4.69) is 4.98 Å². The zero-order chi connectivity index (χ0) is 15.9. The van der Waals surface area contributed by atoms with Gasteiger partial charge in [-0.15, -0.1) is 0 Å². The van der Waals surface area contributed by atoms with Crippen molar-refractivity contribution >= 4 is 24.8 Å².